The summed E-state index contributed by atoms with van der Waals surface area (Å²) < 4.78 is 5.17. The van der Waals surface area contributed by atoms with E-state index in [-0.39, 0.29) is 17.9 Å². The van der Waals surface area contributed by atoms with Gasteiger partial charge in [0.25, 0.3) is 5.56 Å². The summed E-state index contributed by atoms with van der Waals surface area (Å²) >= 11 is 0. The smallest absolute Gasteiger partial charge is 0.267 e. The molecule has 1 aromatic heterocycles. The van der Waals surface area contributed by atoms with Crippen molar-refractivity contribution in [1.82, 2.24) is 15.6 Å². The molecular weight excluding hydrogens is 272 g/mol. The molecule has 0 aliphatic carbocycles. The molecule has 0 aliphatic rings. The van der Waals surface area contributed by atoms with E-state index < -0.39 is 0 Å². The molecule has 0 fully saturated rings. The maximum atomic E-state index is 11.7. The first kappa shape index (κ1) is 14.6. The number of hydrogen-bond donors (Lipinski definition) is 3. The van der Waals surface area contributed by atoms with E-state index in [0.29, 0.717) is 17.0 Å². The number of carbonyl (C=O) groups is 1. The molecule has 0 radical (unpaired) electrons. The Morgan fingerprint density at radius 1 is 1.38 bits per heavy atom. The molecule has 1 amide bonds. The zero-order valence-electron chi connectivity index (χ0n) is 11.8. The van der Waals surface area contributed by atoms with Crippen LogP contribution in [0.2, 0.25) is 0 Å². The molecule has 7 heteroatoms. The highest BCUT2D eigenvalue weighted by Gasteiger charge is 2.10. The summed E-state index contributed by atoms with van der Waals surface area (Å²) in [5.41, 5.74) is 3.88. The maximum absolute atomic E-state index is 11.7. The number of hydrogen-bond acceptors (Lipinski definition) is 4. The van der Waals surface area contributed by atoms with Crippen LogP contribution in [0, 0.1) is 6.92 Å². The number of amides is 1. The molecule has 0 saturated carbocycles. The van der Waals surface area contributed by atoms with Gasteiger partial charge in [0, 0.05) is 16.8 Å². The number of nitrogens with zero attached hydrogens (tertiary/aromatic N) is 1. The monoisotopic (exact) mass is 288 g/mol. The largest absolute Gasteiger partial charge is 0.496 e. The van der Waals surface area contributed by atoms with Crippen LogP contribution in [0.1, 0.15) is 16.8 Å². The van der Waals surface area contributed by atoms with Crippen molar-refractivity contribution in [3.05, 3.63) is 51.4 Å². The highest BCUT2D eigenvalue weighted by atomic mass is 16.5. The predicted molar refractivity (Wildman–Crippen MR) is 78.6 cm³/mol. The summed E-state index contributed by atoms with van der Waals surface area (Å²) in [6.45, 7) is 1.72. The average molecular weight is 288 g/mol. The van der Waals surface area contributed by atoms with Crippen LogP contribution in [0.4, 0.5) is 0 Å². The van der Waals surface area contributed by atoms with Gasteiger partial charge in [0.15, 0.2) is 0 Å². The summed E-state index contributed by atoms with van der Waals surface area (Å²) in [6, 6.07) is 7.30. The number of aromatic nitrogens is 2. The van der Waals surface area contributed by atoms with E-state index in [1.54, 1.807) is 20.1 Å². The molecule has 0 spiro atoms. The van der Waals surface area contributed by atoms with Gasteiger partial charge in [-0.25, -0.2) is 5.43 Å². The van der Waals surface area contributed by atoms with Gasteiger partial charge in [-0.05, 0) is 19.1 Å². The number of nitrogens with one attached hydrogen (secondary N) is 3. The Balaban J connectivity index is 1.98. The molecule has 1 aromatic carbocycles. The van der Waals surface area contributed by atoms with Gasteiger partial charge in [-0.15, -0.1) is 0 Å². The number of benzene rings is 1. The van der Waals surface area contributed by atoms with Crippen LogP contribution < -0.4 is 15.7 Å². The van der Waals surface area contributed by atoms with Crippen LogP contribution in [-0.2, 0) is 11.2 Å². The lowest BCUT2D eigenvalue weighted by atomic mass is 10.2. The highest BCUT2D eigenvalue weighted by molar-refractivity contribution is 5.85. The first-order chi connectivity index (χ1) is 10.1. The highest BCUT2D eigenvalue weighted by Crippen LogP contribution is 2.14. The van der Waals surface area contributed by atoms with Crippen LogP contribution >= 0.6 is 0 Å². The maximum Gasteiger partial charge on any atom is 0.267 e. The number of ether oxygens (including phenoxy) is 1. The second kappa shape index (κ2) is 6.56. The molecule has 0 saturated heterocycles. The Morgan fingerprint density at radius 3 is 2.81 bits per heavy atom. The Kier molecular flexibility index (Phi) is 4.55. The number of aryl methyl sites for hydroxylation is 1. The molecule has 0 aliphatic heterocycles. The van der Waals surface area contributed by atoms with E-state index in [9.17, 15) is 9.59 Å². The Hall–Kier alpha value is -2.83. The standard InChI is InChI=1S/C14H16N4O3/c1-9-11(14(20)18-16-9)7-13(19)17-15-8-10-5-3-4-6-12(10)21-2/h3-6,8H,7H2,1-2H3,(H,17,19)(H2,16,18,20)/b15-8+. The molecule has 1 heterocycles. The zero-order valence-corrected chi connectivity index (χ0v) is 11.8. The lowest BCUT2D eigenvalue weighted by molar-refractivity contribution is -0.120. The van der Waals surface area contributed by atoms with Crippen molar-refractivity contribution in [2.45, 2.75) is 13.3 Å². The van der Waals surface area contributed by atoms with E-state index in [1.807, 2.05) is 18.2 Å². The summed E-state index contributed by atoms with van der Waals surface area (Å²) in [5, 5.41) is 8.95. The zero-order chi connectivity index (χ0) is 15.2. The average Bonchev–Trinajstić information content (AvgIpc) is 2.79. The number of methoxy groups -OCH3 is 1. The van der Waals surface area contributed by atoms with Crippen molar-refractivity contribution < 1.29 is 9.53 Å². The molecule has 7 nitrogen and oxygen atoms in total. The molecule has 0 unspecified atom stereocenters. The van der Waals surface area contributed by atoms with Crippen LogP contribution in [0.15, 0.2) is 34.2 Å². The van der Waals surface area contributed by atoms with Gasteiger partial charge >= 0.3 is 0 Å². The van der Waals surface area contributed by atoms with Gasteiger partial charge in [-0.2, -0.15) is 5.10 Å². The van der Waals surface area contributed by atoms with Gasteiger partial charge in [-0.1, -0.05) is 12.1 Å². The quantitative estimate of drug-likeness (QED) is 0.558. The normalized spacial score (nSPS) is 10.8. The van der Waals surface area contributed by atoms with Gasteiger partial charge in [0.05, 0.1) is 19.7 Å². The minimum Gasteiger partial charge on any atom is -0.496 e. The first-order valence-corrected chi connectivity index (χ1v) is 6.33. The number of carbonyl (C=O) groups excluding carboxylic acids is 1. The van der Waals surface area contributed by atoms with Gasteiger partial charge in [0.1, 0.15) is 5.75 Å². The van der Waals surface area contributed by atoms with E-state index in [4.69, 9.17) is 4.74 Å². The van der Waals surface area contributed by atoms with Crippen molar-refractivity contribution in [2.75, 3.05) is 7.11 Å². The third-order valence-electron chi connectivity index (χ3n) is 2.96. The molecule has 110 valence electrons. The Labute approximate surface area is 121 Å². The van der Waals surface area contributed by atoms with Crippen molar-refractivity contribution in [2.24, 2.45) is 5.10 Å². The molecule has 0 bridgehead atoms. The third kappa shape index (κ3) is 3.59. The van der Waals surface area contributed by atoms with Crippen molar-refractivity contribution >= 4 is 12.1 Å². The fraction of sp³-hybridized carbons (Fsp3) is 0.214. The molecule has 0 atom stereocenters. The number of para-hydroxylation sites is 1. The summed E-state index contributed by atoms with van der Waals surface area (Å²) in [4.78, 5) is 23.2. The van der Waals surface area contributed by atoms with E-state index in [1.165, 1.54) is 6.21 Å². The molecule has 2 rings (SSSR count). The van der Waals surface area contributed by atoms with Crippen LogP contribution in [-0.4, -0.2) is 29.4 Å². The topological polar surface area (TPSA) is 99.3 Å². The molecular formula is C14H16N4O3. The fourth-order valence-corrected chi connectivity index (χ4v) is 1.83. The number of H-pyrrole nitrogens is 2. The van der Waals surface area contributed by atoms with E-state index in [2.05, 4.69) is 20.7 Å². The van der Waals surface area contributed by atoms with Crippen molar-refractivity contribution in [3.8, 4) is 5.75 Å². The minimum atomic E-state index is -0.366. The molecule has 21 heavy (non-hydrogen) atoms. The van der Waals surface area contributed by atoms with E-state index >= 15 is 0 Å². The Bertz CT molecular complexity index is 715. The summed E-state index contributed by atoms with van der Waals surface area (Å²) in [5.74, 6) is 0.294. The number of aromatic amines is 2. The van der Waals surface area contributed by atoms with Crippen molar-refractivity contribution in [3.63, 3.8) is 0 Å². The number of hydrazone groups is 1. The van der Waals surface area contributed by atoms with Gasteiger partial charge in [0.2, 0.25) is 5.91 Å². The van der Waals surface area contributed by atoms with Crippen molar-refractivity contribution in [1.29, 1.82) is 0 Å². The lowest BCUT2D eigenvalue weighted by Crippen LogP contribution is -2.23. The van der Waals surface area contributed by atoms with Crippen LogP contribution in [0.25, 0.3) is 0 Å². The molecule has 3 N–H and O–H groups in total. The summed E-state index contributed by atoms with van der Waals surface area (Å²) in [7, 11) is 1.56. The second-order valence-corrected chi connectivity index (χ2v) is 4.39. The van der Waals surface area contributed by atoms with Gasteiger partial charge in [-0.3, -0.25) is 14.7 Å². The van der Waals surface area contributed by atoms with Crippen LogP contribution in [0.5, 0.6) is 5.75 Å². The SMILES string of the molecule is COc1ccccc1/C=N/NC(=O)Cc1c(C)[nH][nH]c1=O. The lowest BCUT2D eigenvalue weighted by Gasteiger charge is -2.03. The predicted octanol–water partition coefficient (Wildman–Crippen LogP) is 0.713. The Morgan fingerprint density at radius 2 is 2.14 bits per heavy atom. The van der Waals surface area contributed by atoms with E-state index in [0.717, 1.165) is 5.56 Å². The minimum absolute atomic E-state index is 0.0338. The molecule has 2 aromatic rings. The number of rotatable bonds is 5. The van der Waals surface area contributed by atoms with Gasteiger partial charge < -0.3 is 9.84 Å². The fourth-order valence-electron chi connectivity index (χ4n) is 1.83. The first-order valence-electron chi connectivity index (χ1n) is 6.33. The second-order valence-electron chi connectivity index (χ2n) is 4.39. The van der Waals surface area contributed by atoms with Crippen LogP contribution in [0.3, 0.4) is 0 Å². The summed E-state index contributed by atoms with van der Waals surface area (Å²) in [6.07, 6.45) is 1.46. The third-order valence-corrected chi connectivity index (χ3v) is 2.96.